The topological polar surface area (TPSA) is 99.1 Å². The van der Waals surface area contributed by atoms with E-state index in [2.05, 4.69) is 4.74 Å². The lowest BCUT2D eigenvalue weighted by Crippen LogP contribution is -2.41. The number of methoxy groups -OCH3 is 1. The minimum atomic E-state index is -0.580. The molecular formula is C25H42O7. The van der Waals surface area contributed by atoms with Crippen molar-refractivity contribution in [1.82, 2.24) is 0 Å². The van der Waals surface area contributed by atoms with Gasteiger partial charge in [0, 0.05) is 18.3 Å². The molecule has 0 aromatic rings. The first-order chi connectivity index (χ1) is 15.0. The third kappa shape index (κ3) is 5.64. The lowest BCUT2D eigenvalue weighted by atomic mass is 9.79. The Morgan fingerprint density at radius 2 is 1.69 bits per heavy atom. The number of hydrogen-bond acceptors (Lipinski definition) is 7. The quantitative estimate of drug-likeness (QED) is 0.460. The van der Waals surface area contributed by atoms with Crippen LogP contribution >= 0.6 is 0 Å². The Hall–Kier alpha value is -1.63. The van der Waals surface area contributed by atoms with Gasteiger partial charge in [-0.1, -0.05) is 27.7 Å². The molecule has 0 spiro atoms. The van der Waals surface area contributed by atoms with Crippen LogP contribution in [0.25, 0.3) is 0 Å². The standard InChI is InChI=1S/C18H28O5.C7H14O2/c1-4-9(3)18(21)23-17-13(19)8-11-10-6-12(16(11)17)14(7-10)22-15(20)5-2;1-5-7(2,3)6(8)9-4/h9-14,16-17,19H,4-8H2,1-3H3;5H2,1-4H3. The Balaban J connectivity index is 0.000000344. The van der Waals surface area contributed by atoms with Crippen molar-refractivity contribution < 1.29 is 33.7 Å². The summed E-state index contributed by atoms with van der Waals surface area (Å²) >= 11 is 0. The number of aliphatic hydroxyl groups is 1. The molecule has 3 aliphatic carbocycles. The molecule has 184 valence electrons. The summed E-state index contributed by atoms with van der Waals surface area (Å²) in [5, 5.41) is 10.4. The van der Waals surface area contributed by atoms with Crippen molar-refractivity contribution in [3.8, 4) is 0 Å². The molecule has 0 aromatic heterocycles. The minimum absolute atomic E-state index is 0.0659. The van der Waals surface area contributed by atoms with E-state index in [1.807, 2.05) is 34.6 Å². The molecule has 8 atom stereocenters. The summed E-state index contributed by atoms with van der Waals surface area (Å²) in [6, 6.07) is 0. The van der Waals surface area contributed by atoms with Crippen molar-refractivity contribution in [3.05, 3.63) is 0 Å². The third-order valence-electron chi connectivity index (χ3n) is 7.91. The highest BCUT2D eigenvalue weighted by Gasteiger charge is 2.62. The molecule has 7 nitrogen and oxygen atoms in total. The molecule has 0 aromatic carbocycles. The van der Waals surface area contributed by atoms with E-state index < -0.39 is 12.2 Å². The molecule has 2 bridgehead atoms. The SMILES string of the molecule is CCC(=O)OC1CC2CC1C1C2CC(O)C1OC(=O)C(C)CC.CCC(C)(C)C(=O)OC. The third-order valence-corrected chi connectivity index (χ3v) is 7.91. The van der Waals surface area contributed by atoms with E-state index in [-0.39, 0.29) is 47.2 Å². The fourth-order valence-corrected chi connectivity index (χ4v) is 5.35. The smallest absolute Gasteiger partial charge is 0.311 e. The molecule has 0 aliphatic heterocycles. The zero-order valence-electron chi connectivity index (χ0n) is 20.8. The van der Waals surface area contributed by atoms with Gasteiger partial charge in [0.25, 0.3) is 0 Å². The molecule has 1 N–H and O–H groups in total. The van der Waals surface area contributed by atoms with Gasteiger partial charge < -0.3 is 19.3 Å². The highest BCUT2D eigenvalue weighted by molar-refractivity contribution is 5.75. The van der Waals surface area contributed by atoms with Gasteiger partial charge in [-0.15, -0.1) is 0 Å². The highest BCUT2D eigenvalue weighted by Crippen LogP contribution is 2.60. The zero-order chi connectivity index (χ0) is 24.2. The fourth-order valence-electron chi connectivity index (χ4n) is 5.35. The van der Waals surface area contributed by atoms with Gasteiger partial charge in [-0.25, -0.2) is 0 Å². The summed E-state index contributed by atoms with van der Waals surface area (Å²) in [6.07, 6.45) is 3.50. The van der Waals surface area contributed by atoms with E-state index >= 15 is 0 Å². The van der Waals surface area contributed by atoms with Crippen LogP contribution in [0.5, 0.6) is 0 Å². The number of hydrogen-bond donors (Lipinski definition) is 1. The minimum Gasteiger partial charge on any atom is -0.469 e. The molecule has 3 rings (SSSR count). The largest absolute Gasteiger partial charge is 0.469 e. The second-order valence-electron chi connectivity index (χ2n) is 10.3. The molecule has 0 radical (unpaired) electrons. The number of rotatable bonds is 7. The van der Waals surface area contributed by atoms with E-state index in [1.165, 1.54) is 7.11 Å². The van der Waals surface area contributed by atoms with Crippen molar-refractivity contribution in [2.45, 2.75) is 98.4 Å². The van der Waals surface area contributed by atoms with Gasteiger partial charge in [-0.3, -0.25) is 14.4 Å². The molecule has 32 heavy (non-hydrogen) atoms. The van der Waals surface area contributed by atoms with Gasteiger partial charge in [0.05, 0.1) is 24.5 Å². The maximum Gasteiger partial charge on any atom is 0.311 e. The number of fused-ring (bicyclic) bond motifs is 5. The van der Waals surface area contributed by atoms with Crippen molar-refractivity contribution in [1.29, 1.82) is 0 Å². The summed E-state index contributed by atoms with van der Waals surface area (Å²) in [5.41, 5.74) is -0.311. The first kappa shape index (κ1) is 26.6. The van der Waals surface area contributed by atoms with Crippen LogP contribution in [0.4, 0.5) is 0 Å². The van der Waals surface area contributed by atoms with Crippen LogP contribution in [-0.4, -0.2) is 48.4 Å². The van der Waals surface area contributed by atoms with Crippen molar-refractivity contribution in [2.75, 3.05) is 7.11 Å². The lowest BCUT2D eigenvalue weighted by molar-refractivity contribution is -0.166. The first-order valence-electron chi connectivity index (χ1n) is 12.2. The van der Waals surface area contributed by atoms with Crippen molar-refractivity contribution in [3.63, 3.8) is 0 Å². The molecule has 3 fully saturated rings. The van der Waals surface area contributed by atoms with Gasteiger partial charge in [-0.05, 0) is 57.8 Å². The van der Waals surface area contributed by atoms with Crippen LogP contribution < -0.4 is 0 Å². The number of aliphatic hydroxyl groups excluding tert-OH is 1. The van der Waals surface area contributed by atoms with Gasteiger partial charge >= 0.3 is 17.9 Å². The number of carbonyl (C=O) groups is 3. The summed E-state index contributed by atoms with van der Waals surface area (Å²) in [4.78, 5) is 34.6. The molecule has 0 amide bonds. The van der Waals surface area contributed by atoms with Crippen LogP contribution in [0.3, 0.4) is 0 Å². The average molecular weight is 455 g/mol. The lowest BCUT2D eigenvalue weighted by Gasteiger charge is -2.34. The Morgan fingerprint density at radius 1 is 1.03 bits per heavy atom. The van der Waals surface area contributed by atoms with Crippen LogP contribution in [0.1, 0.15) is 80.1 Å². The van der Waals surface area contributed by atoms with E-state index in [4.69, 9.17) is 9.47 Å². The van der Waals surface area contributed by atoms with Crippen LogP contribution in [-0.2, 0) is 28.6 Å². The second kappa shape index (κ2) is 11.0. The summed E-state index contributed by atoms with van der Waals surface area (Å²) in [5.74, 6) is 0.605. The van der Waals surface area contributed by atoms with Crippen LogP contribution in [0, 0.1) is 35.0 Å². The van der Waals surface area contributed by atoms with Gasteiger partial charge in [0.2, 0.25) is 0 Å². The maximum absolute atomic E-state index is 12.2. The predicted octanol–water partition coefficient (Wildman–Crippen LogP) is 3.90. The number of esters is 3. The second-order valence-corrected chi connectivity index (χ2v) is 10.3. The van der Waals surface area contributed by atoms with Gasteiger partial charge in [0.15, 0.2) is 0 Å². The summed E-state index contributed by atoms with van der Waals surface area (Å²) in [7, 11) is 1.42. The van der Waals surface area contributed by atoms with Gasteiger partial charge in [-0.2, -0.15) is 0 Å². The Kier molecular flexibility index (Phi) is 9.15. The van der Waals surface area contributed by atoms with E-state index in [0.29, 0.717) is 24.7 Å². The first-order valence-corrected chi connectivity index (χ1v) is 12.2. The number of carbonyl (C=O) groups excluding carboxylic acids is 3. The van der Waals surface area contributed by atoms with E-state index in [9.17, 15) is 19.5 Å². The zero-order valence-corrected chi connectivity index (χ0v) is 20.8. The fraction of sp³-hybridized carbons (Fsp3) is 0.880. The molecule has 3 aliphatic rings. The van der Waals surface area contributed by atoms with Crippen molar-refractivity contribution in [2.24, 2.45) is 35.0 Å². The number of ether oxygens (including phenoxy) is 3. The molecule has 8 unspecified atom stereocenters. The molecule has 7 heteroatoms. The Bertz CT molecular complexity index is 673. The highest BCUT2D eigenvalue weighted by atomic mass is 16.6. The molecular weight excluding hydrogens is 412 g/mol. The Labute approximate surface area is 192 Å². The molecule has 3 saturated carbocycles. The normalized spacial score (nSPS) is 33.6. The van der Waals surface area contributed by atoms with Crippen LogP contribution in [0.15, 0.2) is 0 Å². The van der Waals surface area contributed by atoms with Gasteiger partial charge in [0.1, 0.15) is 12.2 Å². The maximum atomic E-state index is 12.2. The van der Waals surface area contributed by atoms with E-state index in [1.54, 1.807) is 6.92 Å². The monoisotopic (exact) mass is 454 g/mol. The Morgan fingerprint density at radius 3 is 2.19 bits per heavy atom. The van der Waals surface area contributed by atoms with Crippen LogP contribution in [0.2, 0.25) is 0 Å². The molecule has 0 heterocycles. The average Bonchev–Trinajstić information content (AvgIpc) is 3.43. The summed E-state index contributed by atoms with van der Waals surface area (Å²) < 4.78 is 15.9. The van der Waals surface area contributed by atoms with E-state index in [0.717, 1.165) is 25.7 Å². The molecule has 0 saturated heterocycles. The predicted molar refractivity (Wildman–Crippen MR) is 119 cm³/mol. The summed E-state index contributed by atoms with van der Waals surface area (Å²) in [6.45, 7) is 11.3. The van der Waals surface area contributed by atoms with Crippen molar-refractivity contribution >= 4 is 17.9 Å².